The summed E-state index contributed by atoms with van der Waals surface area (Å²) in [5, 5.41) is 0. The summed E-state index contributed by atoms with van der Waals surface area (Å²) in [4.78, 5) is 11.2. The minimum absolute atomic E-state index is 0.0187. The van der Waals surface area contributed by atoms with E-state index in [-0.39, 0.29) is 24.2 Å². The van der Waals surface area contributed by atoms with Crippen LogP contribution in [0.25, 0.3) is 0 Å². The summed E-state index contributed by atoms with van der Waals surface area (Å²) in [6.07, 6.45) is -4.82. The molecule has 0 bridgehead atoms. The fraction of sp³-hybridized carbons (Fsp3) is 0.625. The maximum Gasteiger partial charge on any atom is 0.539 e. The number of allylic oxidation sites excluding steroid dienone is 1. The van der Waals surface area contributed by atoms with E-state index < -0.39 is 22.7 Å². The average Bonchev–Trinajstić information content (AvgIpc) is 2.59. The standard InChI is InChI=1S/C8H9F3O6S/c1-15-7(12)5-3-2-4-6(5)16-18(13,14)17-8(9,10)11/h2-4H2,1H3. The van der Waals surface area contributed by atoms with Crippen LogP contribution in [0, 0.1) is 0 Å². The Hall–Kier alpha value is -1.29. The average molecular weight is 290 g/mol. The highest BCUT2D eigenvalue weighted by molar-refractivity contribution is 7.82. The molecule has 0 saturated heterocycles. The summed E-state index contributed by atoms with van der Waals surface area (Å²) in [7, 11) is -4.23. The molecule has 1 aliphatic rings. The van der Waals surface area contributed by atoms with E-state index in [4.69, 9.17) is 0 Å². The Bertz CT molecular complexity index is 464. The molecule has 0 aromatic heterocycles. The van der Waals surface area contributed by atoms with Gasteiger partial charge in [-0.2, -0.15) is 8.42 Å². The van der Waals surface area contributed by atoms with Crippen molar-refractivity contribution in [2.45, 2.75) is 25.6 Å². The molecule has 0 heterocycles. The van der Waals surface area contributed by atoms with Crippen molar-refractivity contribution in [3.05, 3.63) is 11.3 Å². The van der Waals surface area contributed by atoms with Gasteiger partial charge in [-0.15, -0.1) is 17.4 Å². The summed E-state index contributed by atoms with van der Waals surface area (Å²) in [6, 6.07) is 0. The molecule has 0 amide bonds. The van der Waals surface area contributed by atoms with Gasteiger partial charge in [0.2, 0.25) is 0 Å². The van der Waals surface area contributed by atoms with E-state index >= 15 is 0 Å². The molecule has 1 aliphatic carbocycles. The lowest BCUT2D eigenvalue weighted by atomic mass is 10.2. The first-order valence-electron chi connectivity index (χ1n) is 4.67. The van der Waals surface area contributed by atoms with Gasteiger partial charge in [-0.3, -0.25) is 0 Å². The van der Waals surface area contributed by atoms with Crippen LogP contribution in [0.2, 0.25) is 0 Å². The SMILES string of the molecule is COC(=O)C1=C(OS(=O)(=O)OC(F)(F)F)CCC1. The van der Waals surface area contributed by atoms with E-state index in [0.29, 0.717) is 6.42 Å². The number of rotatable bonds is 4. The van der Waals surface area contributed by atoms with Crippen LogP contribution < -0.4 is 0 Å². The molecule has 0 saturated carbocycles. The topological polar surface area (TPSA) is 78.9 Å². The third kappa shape index (κ3) is 4.18. The lowest BCUT2D eigenvalue weighted by molar-refractivity contribution is -0.275. The molecule has 0 spiro atoms. The number of esters is 1. The lowest BCUT2D eigenvalue weighted by Gasteiger charge is -2.10. The highest BCUT2D eigenvalue weighted by Gasteiger charge is 2.39. The smallest absolute Gasteiger partial charge is 0.466 e. The molecule has 6 nitrogen and oxygen atoms in total. The summed E-state index contributed by atoms with van der Waals surface area (Å²) in [5.41, 5.74) is -0.105. The molecule has 0 aliphatic heterocycles. The minimum atomic E-state index is -5.39. The zero-order valence-corrected chi connectivity index (χ0v) is 9.93. The van der Waals surface area contributed by atoms with Crippen LogP contribution in [0.15, 0.2) is 11.3 Å². The molecule has 0 atom stereocenters. The van der Waals surface area contributed by atoms with Gasteiger partial charge in [-0.05, 0) is 12.8 Å². The molecule has 104 valence electrons. The lowest BCUT2D eigenvalue weighted by Crippen LogP contribution is -2.21. The van der Waals surface area contributed by atoms with Crippen molar-refractivity contribution in [3.8, 4) is 0 Å². The Balaban J connectivity index is 2.86. The van der Waals surface area contributed by atoms with E-state index in [9.17, 15) is 26.4 Å². The first kappa shape index (κ1) is 14.8. The second kappa shape index (κ2) is 5.14. The van der Waals surface area contributed by atoms with Crippen molar-refractivity contribution in [2.24, 2.45) is 0 Å². The first-order valence-corrected chi connectivity index (χ1v) is 6.00. The number of carbonyl (C=O) groups excluding carboxylic acids is 1. The number of alkyl halides is 3. The van der Waals surface area contributed by atoms with Crippen molar-refractivity contribution >= 4 is 16.4 Å². The Morgan fingerprint density at radius 2 is 1.89 bits per heavy atom. The molecule has 1 rings (SSSR count). The zero-order chi connectivity index (χ0) is 14.0. The number of methoxy groups -OCH3 is 1. The maximum absolute atomic E-state index is 11.8. The van der Waals surface area contributed by atoms with Crippen molar-refractivity contribution in [1.29, 1.82) is 0 Å². The van der Waals surface area contributed by atoms with Crippen LogP contribution in [-0.4, -0.2) is 27.9 Å². The van der Waals surface area contributed by atoms with Crippen molar-refractivity contribution in [1.82, 2.24) is 0 Å². The van der Waals surface area contributed by atoms with Gasteiger partial charge in [-0.25, -0.2) is 4.79 Å². The Morgan fingerprint density at radius 3 is 2.39 bits per heavy atom. The summed E-state index contributed by atoms with van der Waals surface area (Å²) >= 11 is 0. The summed E-state index contributed by atoms with van der Waals surface area (Å²) in [5.74, 6) is -1.23. The highest BCUT2D eigenvalue weighted by atomic mass is 32.3. The van der Waals surface area contributed by atoms with E-state index in [1.807, 2.05) is 0 Å². The molecule has 0 unspecified atom stereocenters. The first-order chi connectivity index (χ1) is 8.14. The van der Waals surface area contributed by atoms with Gasteiger partial charge in [0.25, 0.3) is 0 Å². The fourth-order valence-corrected chi connectivity index (χ4v) is 2.10. The van der Waals surface area contributed by atoms with Gasteiger partial charge in [0.1, 0.15) is 5.76 Å². The van der Waals surface area contributed by atoms with Crippen molar-refractivity contribution in [2.75, 3.05) is 7.11 Å². The number of ether oxygens (including phenoxy) is 1. The zero-order valence-electron chi connectivity index (χ0n) is 9.11. The Kier molecular flexibility index (Phi) is 4.22. The molecule has 0 aromatic rings. The molecule has 18 heavy (non-hydrogen) atoms. The molecular formula is C8H9F3O6S. The quantitative estimate of drug-likeness (QED) is 0.728. The number of hydrogen-bond donors (Lipinski definition) is 0. The molecule has 0 aromatic carbocycles. The second-order valence-electron chi connectivity index (χ2n) is 3.27. The highest BCUT2D eigenvalue weighted by Crippen LogP contribution is 2.30. The van der Waals surface area contributed by atoms with Crippen LogP contribution >= 0.6 is 0 Å². The van der Waals surface area contributed by atoms with Crippen molar-refractivity contribution in [3.63, 3.8) is 0 Å². The van der Waals surface area contributed by atoms with Gasteiger partial charge in [-0.1, -0.05) is 0 Å². The van der Waals surface area contributed by atoms with Gasteiger partial charge < -0.3 is 8.92 Å². The van der Waals surface area contributed by atoms with E-state index in [1.165, 1.54) is 0 Å². The predicted molar refractivity (Wildman–Crippen MR) is 50.0 cm³/mol. The second-order valence-corrected chi connectivity index (χ2v) is 4.42. The maximum atomic E-state index is 11.8. The third-order valence-corrected chi connectivity index (χ3v) is 2.80. The Labute approximate surface area is 101 Å². The Morgan fingerprint density at radius 1 is 1.28 bits per heavy atom. The summed E-state index contributed by atoms with van der Waals surface area (Å²) < 4.78 is 68.4. The van der Waals surface area contributed by atoms with Crippen LogP contribution in [0.4, 0.5) is 13.2 Å². The monoisotopic (exact) mass is 290 g/mol. The number of hydrogen-bond acceptors (Lipinski definition) is 6. The number of halogens is 3. The van der Waals surface area contributed by atoms with Gasteiger partial charge in [0, 0.05) is 6.42 Å². The van der Waals surface area contributed by atoms with Crippen LogP contribution in [0.5, 0.6) is 0 Å². The normalized spacial score (nSPS) is 16.9. The fourth-order valence-electron chi connectivity index (χ4n) is 1.40. The van der Waals surface area contributed by atoms with E-state index in [1.54, 1.807) is 0 Å². The molecule has 0 fully saturated rings. The molecule has 0 N–H and O–H groups in total. The third-order valence-electron chi connectivity index (χ3n) is 2.00. The summed E-state index contributed by atoms with van der Waals surface area (Å²) in [6.45, 7) is 0. The predicted octanol–water partition coefficient (Wildman–Crippen LogP) is 1.40. The van der Waals surface area contributed by atoms with E-state index in [0.717, 1.165) is 7.11 Å². The van der Waals surface area contributed by atoms with Gasteiger partial charge in [0.15, 0.2) is 0 Å². The van der Waals surface area contributed by atoms with E-state index in [2.05, 4.69) is 13.1 Å². The number of carbonyl (C=O) groups is 1. The molecule has 10 heteroatoms. The van der Waals surface area contributed by atoms with Gasteiger partial charge >= 0.3 is 22.7 Å². The van der Waals surface area contributed by atoms with Crippen LogP contribution in [0.1, 0.15) is 19.3 Å². The molecular weight excluding hydrogens is 281 g/mol. The largest absolute Gasteiger partial charge is 0.539 e. The van der Waals surface area contributed by atoms with Crippen LogP contribution in [-0.2, 0) is 28.3 Å². The minimum Gasteiger partial charge on any atom is -0.466 e. The van der Waals surface area contributed by atoms with Gasteiger partial charge in [0.05, 0.1) is 12.7 Å². The molecule has 0 radical (unpaired) electrons. The van der Waals surface area contributed by atoms with Crippen LogP contribution in [0.3, 0.4) is 0 Å². The van der Waals surface area contributed by atoms with Crippen molar-refractivity contribution < 1.29 is 39.5 Å².